The van der Waals surface area contributed by atoms with E-state index in [1.807, 2.05) is 30.3 Å². The molecule has 1 aliphatic rings. The molecule has 1 atom stereocenters. The Balaban J connectivity index is 2.12. The molecule has 4 nitrogen and oxygen atoms in total. The summed E-state index contributed by atoms with van der Waals surface area (Å²) in [6.07, 6.45) is 0.977. The lowest BCUT2D eigenvalue weighted by molar-refractivity contribution is -0.149. The number of carbonyl (C=O) groups is 2. The molecule has 0 bridgehead atoms. The fourth-order valence-electron chi connectivity index (χ4n) is 2.09. The Hall–Kier alpha value is -1.84. The van der Waals surface area contributed by atoms with Crippen LogP contribution in [0.25, 0.3) is 0 Å². The number of carbonyl (C=O) groups excluding carboxylic acids is 2. The Morgan fingerprint density at radius 2 is 2.12 bits per heavy atom. The van der Waals surface area contributed by atoms with Crippen LogP contribution in [-0.2, 0) is 20.9 Å². The highest BCUT2D eigenvalue weighted by molar-refractivity contribution is 5.88. The molecule has 1 amide bonds. The molecule has 1 aromatic rings. The second kappa shape index (κ2) is 4.99. The Morgan fingerprint density at radius 3 is 2.76 bits per heavy atom. The van der Waals surface area contributed by atoms with E-state index in [0.717, 1.165) is 5.56 Å². The first kappa shape index (κ1) is 11.6. The minimum Gasteiger partial charge on any atom is -0.467 e. The third-order valence-corrected chi connectivity index (χ3v) is 3.00. The van der Waals surface area contributed by atoms with Crippen LogP contribution in [0.5, 0.6) is 0 Å². The van der Waals surface area contributed by atoms with Gasteiger partial charge in [0.15, 0.2) is 0 Å². The van der Waals surface area contributed by atoms with Gasteiger partial charge in [-0.3, -0.25) is 4.79 Å². The molecular formula is C13H15NO3. The normalized spacial score (nSPS) is 19.5. The van der Waals surface area contributed by atoms with Gasteiger partial charge in [0.2, 0.25) is 5.91 Å². The zero-order chi connectivity index (χ0) is 12.3. The highest BCUT2D eigenvalue weighted by Crippen LogP contribution is 2.22. The number of rotatable bonds is 3. The van der Waals surface area contributed by atoms with Crippen LogP contribution in [0.2, 0.25) is 0 Å². The van der Waals surface area contributed by atoms with Gasteiger partial charge in [-0.2, -0.15) is 0 Å². The zero-order valence-corrected chi connectivity index (χ0v) is 9.76. The van der Waals surface area contributed by atoms with Crippen molar-refractivity contribution >= 4 is 11.9 Å². The van der Waals surface area contributed by atoms with E-state index in [1.165, 1.54) is 7.11 Å². The number of benzene rings is 1. The third-order valence-electron chi connectivity index (χ3n) is 3.00. The number of hydrogen-bond acceptors (Lipinski definition) is 3. The quantitative estimate of drug-likeness (QED) is 0.740. The Kier molecular flexibility index (Phi) is 3.42. The van der Waals surface area contributed by atoms with Gasteiger partial charge in [-0.25, -0.2) is 4.79 Å². The van der Waals surface area contributed by atoms with Crippen molar-refractivity contribution in [3.05, 3.63) is 35.9 Å². The highest BCUT2D eigenvalue weighted by atomic mass is 16.5. The molecule has 90 valence electrons. The van der Waals surface area contributed by atoms with Crippen molar-refractivity contribution in [3.8, 4) is 0 Å². The van der Waals surface area contributed by atoms with Crippen LogP contribution in [0.15, 0.2) is 30.3 Å². The first-order valence-electron chi connectivity index (χ1n) is 5.63. The SMILES string of the molecule is COC(=O)[C@H]1CCC(=O)N1Cc1ccccc1. The molecule has 4 heteroatoms. The number of ether oxygens (including phenoxy) is 1. The minimum atomic E-state index is -0.423. The lowest BCUT2D eigenvalue weighted by Gasteiger charge is -2.22. The lowest BCUT2D eigenvalue weighted by Crippen LogP contribution is -2.38. The molecule has 0 spiro atoms. The minimum absolute atomic E-state index is 0.0178. The van der Waals surface area contributed by atoms with Crippen LogP contribution in [-0.4, -0.2) is 29.9 Å². The molecule has 0 saturated carbocycles. The molecule has 0 radical (unpaired) electrons. The molecule has 1 aromatic carbocycles. The summed E-state index contributed by atoms with van der Waals surface area (Å²) >= 11 is 0. The molecule has 17 heavy (non-hydrogen) atoms. The maximum absolute atomic E-state index is 11.7. The van der Waals surface area contributed by atoms with E-state index >= 15 is 0 Å². The smallest absolute Gasteiger partial charge is 0.328 e. The monoisotopic (exact) mass is 233 g/mol. The molecule has 0 unspecified atom stereocenters. The van der Waals surface area contributed by atoms with E-state index in [4.69, 9.17) is 4.74 Å². The number of likely N-dealkylation sites (tertiary alicyclic amines) is 1. The van der Waals surface area contributed by atoms with E-state index < -0.39 is 6.04 Å². The summed E-state index contributed by atoms with van der Waals surface area (Å²) in [6.45, 7) is 0.472. The third kappa shape index (κ3) is 2.46. The van der Waals surface area contributed by atoms with Gasteiger partial charge in [0.1, 0.15) is 6.04 Å². The van der Waals surface area contributed by atoms with Crippen molar-refractivity contribution in [2.75, 3.05) is 7.11 Å². The molecular weight excluding hydrogens is 218 g/mol. The number of methoxy groups -OCH3 is 1. The fraction of sp³-hybridized carbons (Fsp3) is 0.385. The highest BCUT2D eigenvalue weighted by Gasteiger charge is 2.36. The molecule has 2 rings (SSSR count). The van der Waals surface area contributed by atoms with Crippen molar-refractivity contribution in [2.45, 2.75) is 25.4 Å². The van der Waals surface area contributed by atoms with Crippen LogP contribution in [0.1, 0.15) is 18.4 Å². The standard InChI is InChI=1S/C13H15NO3/c1-17-13(16)11-7-8-12(15)14(11)9-10-5-3-2-4-6-10/h2-6,11H,7-9H2,1H3/t11-/m1/s1. The second-order valence-corrected chi connectivity index (χ2v) is 4.08. The van der Waals surface area contributed by atoms with Crippen LogP contribution in [0.4, 0.5) is 0 Å². The molecule has 0 aliphatic carbocycles. The van der Waals surface area contributed by atoms with Gasteiger partial charge in [-0.05, 0) is 12.0 Å². The van der Waals surface area contributed by atoms with E-state index in [9.17, 15) is 9.59 Å². The van der Waals surface area contributed by atoms with E-state index in [0.29, 0.717) is 19.4 Å². The maximum atomic E-state index is 11.7. The Bertz CT molecular complexity index is 416. The number of hydrogen-bond donors (Lipinski definition) is 0. The molecule has 1 saturated heterocycles. The molecule has 0 aromatic heterocycles. The topological polar surface area (TPSA) is 46.6 Å². The Labute approximate surface area is 100 Å². The number of amides is 1. The predicted octanol–water partition coefficient (Wildman–Crippen LogP) is 1.35. The summed E-state index contributed by atoms with van der Waals surface area (Å²) in [5.74, 6) is -0.309. The van der Waals surface area contributed by atoms with E-state index in [-0.39, 0.29) is 11.9 Å². The summed E-state index contributed by atoms with van der Waals surface area (Å²) in [5.41, 5.74) is 1.02. The Morgan fingerprint density at radius 1 is 1.41 bits per heavy atom. The van der Waals surface area contributed by atoms with Crippen molar-refractivity contribution in [2.24, 2.45) is 0 Å². The molecule has 1 heterocycles. The molecule has 1 fully saturated rings. The first-order chi connectivity index (χ1) is 8.22. The van der Waals surface area contributed by atoms with Crippen LogP contribution >= 0.6 is 0 Å². The fourth-order valence-corrected chi connectivity index (χ4v) is 2.09. The largest absolute Gasteiger partial charge is 0.467 e. The van der Waals surface area contributed by atoms with Crippen molar-refractivity contribution in [3.63, 3.8) is 0 Å². The average molecular weight is 233 g/mol. The van der Waals surface area contributed by atoms with Gasteiger partial charge >= 0.3 is 5.97 Å². The van der Waals surface area contributed by atoms with Crippen LogP contribution in [0, 0.1) is 0 Å². The summed E-state index contributed by atoms with van der Waals surface area (Å²) in [7, 11) is 1.35. The second-order valence-electron chi connectivity index (χ2n) is 4.08. The lowest BCUT2D eigenvalue weighted by atomic mass is 10.2. The van der Waals surface area contributed by atoms with Gasteiger partial charge in [0.05, 0.1) is 7.11 Å². The number of esters is 1. The van der Waals surface area contributed by atoms with Gasteiger partial charge < -0.3 is 9.64 Å². The van der Waals surface area contributed by atoms with Crippen molar-refractivity contribution in [1.29, 1.82) is 0 Å². The van der Waals surface area contributed by atoms with Gasteiger partial charge in [0, 0.05) is 13.0 Å². The van der Waals surface area contributed by atoms with Crippen LogP contribution in [0.3, 0.4) is 0 Å². The molecule has 0 N–H and O–H groups in total. The van der Waals surface area contributed by atoms with Gasteiger partial charge in [-0.1, -0.05) is 30.3 Å². The zero-order valence-electron chi connectivity index (χ0n) is 9.76. The summed E-state index contributed by atoms with van der Waals surface area (Å²) in [5, 5.41) is 0. The van der Waals surface area contributed by atoms with Gasteiger partial charge in [-0.15, -0.1) is 0 Å². The van der Waals surface area contributed by atoms with E-state index in [1.54, 1.807) is 4.90 Å². The van der Waals surface area contributed by atoms with E-state index in [2.05, 4.69) is 0 Å². The molecule has 1 aliphatic heterocycles. The predicted molar refractivity (Wildman–Crippen MR) is 62.0 cm³/mol. The number of nitrogens with zero attached hydrogens (tertiary/aromatic N) is 1. The summed E-state index contributed by atoms with van der Waals surface area (Å²) in [6, 6.07) is 9.23. The average Bonchev–Trinajstić information content (AvgIpc) is 2.72. The summed E-state index contributed by atoms with van der Waals surface area (Å²) in [4.78, 5) is 24.9. The van der Waals surface area contributed by atoms with Gasteiger partial charge in [0.25, 0.3) is 0 Å². The first-order valence-corrected chi connectivity index (χ1v) is 5.63. The maximum Gasteiger partial charge on any atom is 0.328 e. The van der Waals surface area contributed by atoms with Crippen molar-refractivity contribution in [1.82, 2.24) is 4.90 Å². The van der Waals surface area contributed by atoms with Crippen LogP contribution < -0.4 is 0 Å². The summed E-state index contributed by atoms with van der Waals surface area (Å²) < 4.78 is 4.72. The van der Waals surface area contributed by atoms with Crippen molar-refractivity contribution < 1.29 is 14.3 Å².